The van der Waals surface area contributed by atoms with Gasteiger partial charge in [0.1, 0.15) is 6.61 Å². The highest BCUT2D eigenvalue weighted by Gasteiger charge is 2.23. The van der Waals surface area contributed by atoms with Gasteiger partial charge in [0.05, 0.1) is 28.3 Å². The van der Waals surface area contributed by atoms with E-state index in [0.29, 0.717) is 27.0 Å². The van der Waals surface area contributed by atoms with Crippen LogP contribution >= 0.6 is 23.2 Å². The number of nitrogens with one attached hydrogen (secondary N) is 1. The predicted molar refractivity (Wildman–Crippen MR) is 105 cm³/mol. The Morgan fingerprint density at radius 1 is 1.11 bits per heavy atom. The van der Waals surface area contributed by atoms with Gasteiger partial charge < -0.3 is 20.0 Å². The van der Waals surface area contributed by atoms with Crippen LogP contribution in [0.2, 0.25) is 10.0 Å². The van der Waals surface area contributed by atoms with E-state index in [-0.39, 0.29) is 26.2 Å². The first kappa shape index (κ1) is 21.7. The summed E-state index contributed by atoms with van der Waals surface area (Å²) in [6.07, 6.45) is 0.169. The highest BCUT2D eigenvalue weighted by atomic mass is 35.5. The number of anilines is 2. The van der Waals surface area contributed by atoms with Gasteiger partial charge >= 0.3 is 5.97 Å². The second kappa shape index (κ2) is 10.7. The fraction of sp³-hybridized carbons (Fsp3) is 0.278. The summed E-state index contributed by atoms with van der Waals surface area (Å²) in [7, 11) is 0. The first-order valence-electron chi connectivity index (χ1n) is 8.28. The number of rotatable bonds is 11. The zero-order chi connectivity index (χ0) is 20.5. The molecule has 2 aromatic rings. The van der Waals surface area contributed by atoms with E-state index >= 15 is 0 Å². The van der Waals surface area contributed by atoms with Gasteiger partial charge in [-0.3, -0.25) is 4.79 Å². The number of carbonyl (C=O) groups is 1. The third-order valence-corrected chi connectivity index (χ3v) is 4.46. The molecule has 1 unspecified atom stereocenters. The Hall–Kier alpha value is -2.55. The Kier molecular flexibility index (Phi) is 8.31. The number of carboxylic acids is 1. The van der Waals surface area contributed by atoms with Gasteiger partial charge in [-0.05, 0) is 30.2 Å². The van der Waals surface area contributed by atoms with Crippen LogP contribution in [0.5, 0.6) is 0 Å². The number of benzene rings is 2. The summed E-state index contributed by atoms with van der Waals surface area (Å²) < 4.78 is 5.23. The Bertz CT molecular complexity index is 813. The maximum Gasteiger partial charge on any atom is 0.311 e. The molecule has 2 N–H and O–H groups in total. The molecule has 8 nitrogen and oxygen atoms in total. The van der Waals surface area contributed by atoms with Crippen LogP contribution in [0.3, 0.4) is 0 Å². The number of ether oxygens (including phenoxy) is 1. The largest absolute Gasteiger partial charge is 0.481 e. The molecule has 2 aromatic carbocycles. The van der Waals surface area contributed by atoms with E-state index in [9.17, 15) is 20.0 Å². The standard InChI is InChI=1S/C18H18Cl2N2O6/c19-14-5-3-6-15(20)17(14)21-16-7-2-1-4-12(16)13(18(23)24)8-9-27-10-11-28-22(25)26/h1-7,13,21H,8-11H2,(H,23,24). The summed E-state index contributed by atoms with van der Waals surface area (Å²) in [4.78, 5) is 26.0. The number of aliphatic carboxylic acids is 1. The van der Waals surface area contributed by atoms with Crippen LogP contribution in [0.25, 0.3) is 0 Å². The van der Waals surface area contributed by atoms with Crippen LogP contribution in [-0.2, 0) is 14.4 Å². The highest BCUT2D eigenvalue weighted by Crippen LogP contribution is 2.36. The minimum absolute atomic E-state index is 0.0115. The predicted octanol–water partition coefficient (Wildman–Crippen LogP) is 4.52. The SMILES string of the molecule is O=C(O)C(CCOCCO[N+](=O)[O-])c1ccccc1Nc1c(Cl)cccc1Cl. The lowest BCUT2D eigenvalue weighted by atomic mass is 9.94. The molecule has 0 aliphatic heterocycles. The lowest BCUT2D eigenvalue weighted by Gasteiger charge is -2.19. The summed E-state index contributed by atoms with van der Waals surface area (Å²) in [5.41, 5.74) is 1.58. The molecule has 0 amide bonds. The van der Waals surface area contributed by atoms with E-state index in [1.165, 1.54) is 0 Å². The molecule has 0 saturated carbocycles. The molecule has 0 spiro atoms. The van der Waals surface area contributed by atoms with Gasteiger partial charge in [-0.1, -0.05) is 47.5 Å². The molecule has 2 rings (SSSR count). The summed E-state index contributed by atoms with van der Waals surface area (Å²) >= 11 is 12.4. The zero-order valence-electron chi connectivity index (χ0n) is 14.6. The molecule has 1 atom stereocenters. The van der Waals surface area contributed by atoms with Gasteiger partial charge in [0.15, 0.2) is 0 Å². The maximum absolute atomic E-state index is 11.8. The van der Waals surface area contributed by atoms with Crippen LogP contribution in [-0.4, -0.2) is 36.0 Å². The minimum atomic E-state index is -1.02. The first-order valence-corrected chi connectivity index (χ1v) is 9.03. The van der Waals surface area contributed by atoms with Crippen molar-refractivity contribution in [2.45, 2.75) is 12.3 Å². The molecule has 0 aliphatic rings. The monoisotopic (exact) mass is 428 g/mol. The van der Waals surface area contributed by atoms with Gasteiger partial charge in [-0.2, -0.15) is 0 Å². The summed E-state index contributed by atoms with van der Waals surface area (Å²) in [6, 6.07) is 12.0. The fourth-order valence-electron chi connectivity index (χ4n) is 2.55. The van der Waals surface area contributed by atoms with Gasteiger partial charge in [0, 0.05) is 12.3 Å². The molecule has 0 fully saturated rings. The topological polar surface area (TPSA) is 111 Å². The zero-order valence-corrected chi connectivity index (χ0v) is 16.2. The molecular weight excluding hydrogens is 411 g/mol. The molecule has 0 saturated heterocycles. The molecule has 10 heteroatoms. The van der Waals surface area contributed by atoms with Crippen molar-refractivity contribution >= 4 is 40.5 Å². The lowest BCUT2D eigenvalue weighted by Crippen LogP contribution is -2.17. The summed E-state index contributed by atoms with van der Waals surface area (Å²) in [6.45, 7) is -0.129. The Morgan fingerprint density at radius 3 is 2.43 bits per heavy atom. The highest BCUT2D eigenvalue weighted by molar-refractivity contribution is 6.39. The molecule has 0 aromatic heterocycles. The maximum atomic E-state index is 11.8. The van der Waals surface area contributed by atoms with Crippen molar-refractivity contribution in [1.82, 2.24) is 0 Å². The second-order valence-corrected chi connectivity index (χ2v) is 6.47. The number of hydrogen-bond acceptors (Lipinski definition) is 6. The fourth-order valence-corrected chi connectivity index (χ4v) is 3.04. The third-order valence-electron chi connectivity index (χ3n) is 3.83. The lowest BCUT2D eigenvalue weighted by molar-refractivity contribution is -0.758. The Morgan fingerprint density at radius 2 is 1.79 bits per heavy atom. The van der Waals surface area contributed by atoms with E-state index in [1.807, 2.05) is 0 Å². The number of para-hydroxylation sites is 2. The van der Waals surface area contributed by atoms with Gasteiger partial charge in [0.2, 0.25) is 0 Å². The molecular formula is C18H18Cl2N2O6. The van der Waals surface area contributed by atoms with E-state index in [1.54, 1.807) is 42.5 Å². The van der Waals surface area contributed by atoms with Crippen molar-refractivity contribution in [2.24, 2.45) is 0 Å². The normalized spacial score (nSPS) is 11.6. The first-order chi connectivity index (χ1) is 13.4. The minimum Gasteiger partial charge on any atom is -0.481 e. The van der Waals surface area contributed by atoms with Crippen LogP contribution in [0, 0.1) is 10.1 Å². The number of hydrogen-bond donors (Lipinski definition) is 2. The molecule has 0 radical (unpaired) electrons. The van der Waals surface area contributed by atoms with Crippen molar-refractivity contribution in [2.75, 3.05) is 25.1 Å². The molecule has 0 bridgehead atoms. The van der Waals surface area contributed by atoms with E-state index in [0.717, 1.165) is 0 Å². The van der Waals surface area contributed by atoms with E-state index in [2.05, 4.69) is 10.2 Å². The molecule has 150 valence electrons. The Labute approximate surface area is 171 Å². The van der Waals surface area contributed by atoms with Crippen LogP contribution in [0.1, 0.15) is 17.9 Å². The van der Waals surface area contributed by atoms with Crippen molar-refractivity contribution < 1.29 is 24.6 Å². The van der Waals surface area contributed by atoms with Gasteiger partial charge in [0.25, 0.3) is 5.09 Å². The third kappa shape index (κ3) is 6.26. The van der Waals surface area contributed by atoms with E-state index < -0.39 is 17.0 Å². The van der Waals surface area contributed by atoms with E-state index in [4.69, 9.17) is 27.9 Å². The molecule has 28 heavy (non-hydrogen) atoms. The number of halogens is 2. The average molecular weight is 429 g/mol. The van der Waals surface area contributed by atoms with Crippen LogP contribution in [0.4, 0.5) is 11.4 Å². The van der Waals surface area contributed by atoms with Crippen LogP contribution in [0.15, 0.2) is 42.5 Å². The quantitative estimate of drug-likeness (QED) is 0.307. The van der Waals surface area contributed by atoms with Gasteiger partial charge in [-0.25, -0.2) is 0 Å². The summed E-state index contributed by atoms with van der Waals surface area (Å²) in [5, 5.41) is 22.7. The number of carboxylic acid groups (broad SMARTS) is 1. The second-order valence-electron chi connectivity index (χ2n) is 5.66. The van der Waals surface area contributed by atoms with Crippen molar-refractivity contribution in [3.63, 3.8) is 0 Å². The summed E-state index contributed by atoms with van der Waals surface area (Å²) in [5.74, 6) is -1.88. The van der Waals surface area contributed by atoms with Gasteiger partial charge in [-0.15, -0.1) is 10.1 Å². The van der Waals surface area contributed by atoms with Crippen molar-refractivity contribution in [3.8, 4) is 0 Å². The smallest absolute Gasteiger partial charge is 0.311 e. The Balaban J connectivity index is 2.10. The van der Waals surface area contributed by atoms with Crippen molar-refractivity contribution in [3.05, 3.63) is 68.2 Å². The van der Waals surface area contributed by atoms with Crippen LogP contribution < -0.4 is 5.32 Å². The average Bonchev–Trinajstić information content (AvgIpc) is 2.64. The number of nitrogens with zero attached hydrogens (tertiary/aromatic N) is 1. The molecule has 0 heterocycles. The van der Waals surface area contributed by atoms with Crippen molar-refractivity contribution in [1.29, 1.82) is 0 Å². The molecule has 0 aliphatic carbocycles.